The Morgan fingerprint density at radius 2 is 2.17 bits per heavy atom. The molecule has 2 aliphatic rings. The van der Waals surface area contributed by atoms with Gasteiger partial charge >= 0.3 is 0 Å². The van der Waals surface area contributed by atoms with Crippen LogP contribution in [0.4, 0.5) is 0 Å². The molecule has 0 bridgehead atoms. The van der Waals surface area contributed by atoms with Crippen LogP contribution < -0.4 is 0 Å². The van der Waals surface area contributed by atoms with Crippen molar-refractivity contribution in [1.82, 2.24) is 19.7 Å². The van der Waals surface area contributed by atoms with E-state index in [2.05, 4.69) is 14.8 Å². The molecule has 1 unspecified atom stereocenters. The van der Waals surface area contributed by atoms with Crippen LogP contribution in [-0.2, 0) is 4.79 Å². The zero-order chi connectivity index (χ0) is 12.5. The van der Waals surface area contributed by atoms with E-state index in [0.29, 0.717) is 6.04 Å². The maximum atomic E-state index is 12.2. The zero-order valence-electron chi connectivity index (χ0n) is 10.6. The molecule has 98 valence electrons. The quantitative estimate of drug-likeness (QED) is 0.779. The lowest BCUT2D eigenvalue weighted by atomic mass is 10.4. The lowest BCUT2D eigenvalue weighted by molar-refractivity contribution is -0.129. The van der Waals surface area contributed by atoms with Gasteiger partial charge in [-0.25, -0.2) is 0 Å². The number of likely N-dealkylation sites (tertiary alicyclic amines) is 1. The molecular weight excluding hydrogens is 248 g/mol. The average Bonchev–Trinajstić information content (AvgIpc) is 2.91. The molecule has 0 radical (unpaired) electrons. The van der Waals surface area contributed by atoms with E-state index < -0.39 is 0 Å². The van der Waals surface area contributed by atoms with Gasteiger partial charge in [0.15, 0.2) is 5.16 Å². The van der Waals surface area contributed by atoms with Crippen LogP contribution in [0.15, 0.2) is 11.5 Å². The topological polar surface area (TPSA) is 51.0 Å². The van der Waals surface area contributed by atoms with E-state index in [1.54, 1.807) is 6.33 Å². The fourth-order valence-electron chi connectivity index (χ4n) is 2.32. The maximum Gasteiger partial charge on any atom is 0.235 e. The van der Waals surface area contributed by atoms with Crippen molar-refractivity contribution in [3.05, 3.63) is 6.33 Å². The standard InChI is InChI=1S/C12H18N4OS/c1-9(11(17)15-6-2-3-7-15)18-12-14-13-8-16(12)10-4-5-10/h8-10H,2-7H2,1H3. The molecule has 1 atom stereocenters. The number of amides is 1. The van der Waals surface area contributed by atoms with Gasteiger partial charge in [-0.1, -0.05) is 11.8 Å². The van der Waals surface area contributed by atoms with Crippen LogP contribution in [0.25, 0.3) is 0 Å². The van der Waals surface area contributed by atoms with Crippen LogP contribution in [0.2, 0.25) is 0 Å². The number of rotatable bonds is 4. The van der Waals surface area contributed by atoms with E-state index in [0.717, 1.165) is 31.1 Å². The minimum Gasteiger partial charge on any atom is -0.342 e. The molecule has 0 N–H and O–H groups in total. The summed E-state index contributed by atoms with van der Waals surface area (Å²) >= 11 is 1.54. The highest BCUT2D eigenvalue weighted by atomic mass is 32.2. The summed E-state index contributed by atoms with van der Waals surface area (Å²) in [4.78, 5) is 14.2. The van der Waals surface area contributed by atoms with E-state index in [1.165, 1.54) is 24.6 Å². The van der Waals surface area contributed by atoms with Gasteiger partial charge in [0.25, 0.3) is 0 Å². The van der Waals surface area contributed by atoms with Crippen molar-refractivity contribution >= 4 is 17.7 Å². The molecule has 1 aromatic rings. The monoisotopic (exact) mass is 266 g/mol. The smallest absolute Gasteiger partial charge is 0.235 e. The molecule has 1 aromatic heterocycles. The molecule has 3 rings (SSSR count). The van der Waals surface area contributed by atoms with Crippen molar-refractivity contribution in [2.45, 2.75) is 49.1 Å². The Kier molecular flexibility index (Phi) is 3.28. The van der Waals surface area contributed by atoms with Gasteiger partial charge in [-0.05, 0) is 32.6 Å². The van der Waals surface area contributed by atoms with E-state index in [1.807, 2.05) is 11.8 Å². The summed E-state index contributed by atoms with van der Waals surface area (Å²) in [6.45, 7) is 3.80. The summed E-state index contributed by atoms with van der Waals surface area (Å²) in [5.41, 5.74) is 0. The normalized spacial score (nSPS) is 21.3. The molecule has 1 saturated heterocycles. The SMILES string of the molecule is CC(Sc1nncn1C1CC1)C(=O)N1CCCC1. The largest absolute Gasteiger partial charge is 0.342 e. The van der Waals surface area contributed by atoms with Crippen molar-refractivity contribution in [3.8, 4) is 0 Å². The maximum absolute atomic E-state index is 12.2. The summed E-state index contributed by atoms with van der Waals surface area (Å²) in [6.07, 6.45) is 6.48. The van der Waals surface area contributed by atoms with Gasteiger partial charge < -0.3 is 9.47 Å². The molecular formula is C12H18N4OS. The number of carbonyl (C=O) groups excluding carboxylic acids is 1. The highest BCUT2D eigenvalue weighted by Gasteiger charge is 2.29. The van der Waals surface area contributed by atoms with Gasteiger partial charge in [-0.15, -0.1) is 10.2 Å². The third-order valence-corrected chi connectivity index (χ3v) is 4.59. The fourth-order valence-corrected chi connectivity index (χ4v) is 3.30. The second-order valence-electron chi connectivity index (χ2n) is 5.04. The first-order valence-corrected chi connectivity index (χ1v) is 7.48. The summed E-state index contributed by atoms with van der Waals surface area (Å²) in [7, 11) is 0. The number of nitrogens with zero attached hydrogens (tertiary/aromatic N) is 4. The Labute approximate surface area is 111 Å². The van der Waals surface area contributed by atoms with Crippen molar-refractivity contribution in [2.24, 2.45) is 0 Å². The number of aromatic nitrogens is 3. The molecule has 0 spiro atoms. The summed E-state index contributed by atoms with van der Waals surface area (Å²) < 4.78 is 2.11. The molecule has 18 heavy (non-hydrogen) atoms. The van der Waals surface area contributed by atoms with Gasteiger partial charge in [0.05, 0.1) is 5.25 Å². The molecule has 1 aliphatic carbocycles. The Morgan fingerprint density at radius 1 is 1.44 bits per heavy atom. The average molecular weight is 266 g/mol. The first-order valence-electron chi connectivity index (χ1n) is 6.60. The summed E-state index contributed by atoms with van der Waals surface area (Å²) in [6, 6.07) is 0.566. The van der Waals surface area contributed by atoms with E-state index in [9.17, 15) is 4.79 Å². The Hall–Kier alpha value is -1.04. The second-order valence-corrected chi connectivity index (χ2v) is 6.35. The third-order valence-electron chi connectivity index (χ3n) is 3.53. The van der Waals surface area contributed by atoms with Crippen LogP contribution in [0.3, 0.4) is 0 Å². The van der Waals surface area contributed by atoms with Crippen molar-refractivity contribution in [2.75, 3.05) is 13.1 Å². The van der Waals surface area contributed by atoms with Crippen LogP contribution in [-0.4, -0.2) is 43.9 Å². The number of hydrogen-bond acceptors (Lipinski definition) is 4. The third kappa shape index (κ3) is 2.39. The fraction of sp³-hybridized carbons (Fsp3) is 0.750. The number of thioether (sulfide) groups is 1. The molecule has 5 nitrogen and oxygen atoms in total. The van der Waals surface area contributed by atoms with Crippen molar-refractivity contribution in [3.63, 3.8) is 0 Å². The van der Waals surface area contributed by atoms with Crippen LogP contribution in [0.1, 0.15) is 38.6 Å². The highest BCUT2D eigenvalue weighted by molar-refractivity contribution is 8.00. The van der Waals surface area contributed by atoms with Gasteiger partial charge in [0.1, 0.15) is 6.33 Å². The second kappa shape index (κ2) is 4.91. The summed E-state index contributed by atoms with van der Waals surface area (Å²) in [5, 5.41) is 8.91. The first-order chi connectivity index (χ1) is 8.75. The Balaban J connectivity index is 1.64. The highest BCUT2D eigenvalue weighted by Crippen LogP contribution is 2.38. The van der Waals surface area contributed by atoms with Crippen LogP contribution in [0, 0.1) is 0 Å². The molecule has 1 amide bonds. The molecule has 6 heteroatoms. The van der Waals surface area contributed by atoms with E-state index in [4.69, 9.17) is 0 Å². The lowest BCUT2D eigenvalue weighted by Gasteiger charge is -2.19. The lowest BCUT2D eigenvalue weighted by Crippen LogP contribution is -2.34. The molecule has 2 fully saturated rings. The zero-order valence-corrected chi connectivity index (χ0v) is 11.4. The Bertz CT molecular complexity index is 437. The first kappa shape index (κ1) is 12.0. The van der Waals surface area contributed by atoms with Crippen LogP contribution in [0.5, 0.6) is 0 Å². The van der Waals surface area contributed by atoms with Crippen molar-refractivity contribution in [1.29, 1.82) is 0 Å². The minimum atomic E-state index is -0.0650. The number of carbonyl (C=O) groups is 1. The van der Waals surface area contributed by atoms with Crippen molar-refractivity contribution < 1.29 is 4.79 Å². The molecule has 0 aromatic carbocycles. The predicted molar refractivity (Wildman–Crippen MR) is 69.4 cm³/mol. The van der Waals surface area contributed by atoms with Gasteiger partial charge in [-0.3, -0.25) is 4.79 Å². The molecule has 1 saturated carbocycles. The van der Waals surface area contributed by atoms with Gasteiger partial charge in [-0.2, -0.15) is 0 Å². The van der Waals surface area contributed by atoms with E-state index >= 15 is 0 Å². The molecule has 2 heterocycles. The Morgan fingerprint density at radius 3 is 2.83 bits per heavy atom. The minimum absolute atomic E-state index is 0.0650. The van der Waals surface area contributed by atoms with E-state index in [-0.39, 0.29) is 11.2 Å². The predicted octanol–water partition coefficient (Wildman–Crippen LogP) is 1.72. The van der Waals surface area contributed by atoms with Gasteiger partial charge in [0.2, 0.25) is 5.91 Å². The number of hydrogen-bond donors (Lipinski definition) is 0. The molecule has 1 aliphatic heterocycles. The summed E-state index contributed by atoms with van der Waals surface area (Å²) in [5.74, 6) is 0.239. The van der Waals surface area contributed by atoms with Crippen LogP contribution >= 0.6 is 11.8 Å². The van der Waals surface area contributed by atoms with Gasteiger partial charge in [0, 0.05) is 19.1 Å².